The van der Waals surface area contributed by atoms with Gasteiger partial charge in [-0.05, 0) is 30.3 Å². The standard InChI is InChI=1S/C19H17Cl2NO4S/c1-25-7-6-22-19(24)18-17(23)14-5-4-13(9-16(14)27-18)26-10-11-2-3-12(20)8-15(11)21/h2-5,8-9,23H,6-7,10H2,1H3,(H,22,24). The van der Waals surface area contributed by atoms with E-state index in [-0.39, 0.29) is 23.1 Å². The summed E-state index contributed by atoms with van der Waals surface area (Å²) in [5.74, 6) is 0.250. The number of amides is 1. The summed E-state index contributed by atoms with van der Waals surface area (Å²) in [5, 5.41) is 14.7. The Balaban J connectivity index is 1.76. The van der Waals surface area contributed by atoms with Crippen molar-refractivity contribution in [2.45, 2.75) is 6.61 Å². The predicted molar refractivity (Wildman–Crippen MR) is 108 cm³/mol. The van der Waals surface area contributed by atoms with Crippen molar-refractivity contribution >= 4 is 50.5 Å². The number of methoxy groups -OCH3 is 1. The van der Waals surface area contributed by atoms with Crippen molar-refractivity contribution in [3.8, 4) is 11.5 Å². The number of carbonyl (C=O) groups excluding carboxylic acids is 1. The highest BCUT2D eigenvalue weighted by atomic mass is 35.5. The maximum atomic E-state index is 12.2. The zero-order valence-electron chi connectivity index (χ0n) is 14.4. The van der Waals surface area contributed by atoms with E-state index in [2.05, 4.69) is 5.32 Å². The largest absolute Gasteiger partial charge is 0.506 e. The van der Waals surface area contributed by atoms with E-state index in [4.69, 9.17) is 32.7 Å². The van der Waals surface area contributed by atoms with Crippen LogP contribution in [0, 0.1) is 0 Å². The Bertz CT molecular complexity index is 974. The number of fused-ring (bicyclic) bond motifs is 1. The second-order valence-electron chi connectivity index (χ2n) is 5.71. The molecule has 0 radical (unpaired) electrons. The summed E-state index contributed by atoms with van der Waals surface area (Å²) in [5.41, 5.74) is 0.813. The molecular formula is C19H17Cl2NO4S. The van der Waals surface area contributed by atoms with Crippen LogP contribution < -0.4 is 10.1 Å². The Labute approximate surface area is 170 Å². The second kappa shape index (κ2) is 8.80. The van der Waals surface area contributed by atoms with Gasteiger partial charge in [-0.15, -0.1) is 11.3 Å². The fourth-order valence-corrected chi connectivity index (χ4v) is 3.96. The van der Waals surface area contributed by atoms with E-state index in [1.165, 1.54) is 11.3 Å². The lowest BCUT2D eigenvalue weighted by Gasteiger charge is -2.08. The van der Waals surface area contributed by atoms with Gasteiger partial charge in [0.2, 0.25) is 0 Å². The molecule has 1 aromatic heterocycles. The summed E-state index contributed by atoms with van der Waals surface area (Å²) in [4.78, 5) is 12.5. The molecule has 8 heteroatoms. The molecule has 0 bridgehead atoms. The molecule has 3 aromatic rings. The van der Waals surface area contributed by atoms with E-state index < -0.39 is 0 Å². The average Bonchev–Trinajstić information content (AvgIpc) is 2.97. The number of halogens is 2. The van der Waals surface area contributed by atoms with E-state index in [0.29, 0.717) is 34.3 Å². The molecule has 1 amide bonds. The maximum Gasteiger partial charge on any atom is 0.265 e. The minimum atomic E-state index is -0.332. The first-order valence-electron chi connectivity index (χ1n) is 8.09. The molecule has 142 valence electrons. The predicted octanol–water partition coefficient (Wildman–Crippen LogP) is 4.87. The molecule has 0 spiro atoms. The molecule has 27 heavy (non-hydrogen) atoms. The molecule has 2 aromatic carbocycles. The molecule has 0 saturated heterocycles. The highest BCUT2D eigenvalue weighted by molar-refractivity contribution is 7.21. The second-order valence-corrected chi connectivity index (χ2v) is 7.61. The van der Waals surface area contributed by atoms with Crippen LogP contribution in [0.2, 0.25) is 10.0 Å². The maximum absolute atomic E-state index is 12.2. The van der Waals surface area contributed by atoms with Gasteiger partial charge in [0.1, 0.15) is 23.0 Å². The number of benzene rings is 2. The highest BCUT2D eigenvalue weighted by Crippen LogP contribution is 2.38. The molecule has 1 heterocycles. The van der Waals surface area contributed by atoms with Crippen LogP contribution in [0.3, 0.4) is 0 Å². The van der Waals surface area contributed by atoms with Crippen LogP contribution in [0.4, 0.5) is 0 Å². The van der Waals surface area contributed by atoms with Crippen LogP contribution in [0.1, 0.15) is 15.2 Å². The number of rotatable bonds is 7. The third-order valence-electron chi connectivity index (χ3n) is 3.84. The molecule has 0 aliphatic rings. The molecule has 0 aliphatic carbocycles. The van der Waals surface area contributed by atoms with Gasteiger partial charge in [0, 0.05) is 39.3 Å². The first-order chi connectivity index (χ1) is 13.0. The van der Waals surface area contributed by atoms with E-state index >= 15 is 0 Å². The molecule has 0 saturated carbocycles. The molecular weight excluding hydrogens is 409 g/mol. The fourth-order valence-electron chi connectivity index (χ4n) is 2.45. The van der Waals surface area contributed by atoms with Gasteiger partial charge in [-0.3, -0.25) is 4.79 Å². The number of thiophene rings is 1. The molecule has 3 rings (SSSR count). The number of hydrogen-bond donors (Lipinski definition) is 2. The fraction of sp³-hybridized carbons (Fsp3) is 0.211. The van der Waals surface area contributed by atoms with Crippen LogP contribution in [-0.4, -0.2) is 31.3 Å². The summed E-state index contributed by atoms with van der Waals surface area (Å²) < 4.78 is 11.4. The van der Waals surface area contributed by atoms with Gasteiger partial charge in [-0.25, -0.2) is 0 Å². The van der Waals surface area contributed by atoms with Gasteiger partial charge < -0.3 is 19.9 Å². The monoisotopic (exact) mass is 425 g/mol. The zero-order valence-corrected chi connectivity index (χ0v) is 16.7. The normalized spacial score (nSPS) is 10.9. The Kier molecular flexibility index (Phi) is 6.44. The van der Waals surface area contributed by atoms with Crippen LogP contribution in [0.5, 0.6) is 11.5 Å². The topological polar surface area (TPSA) is 67.8 Å². The SMILES string of the molecule is COCCNC(=O)c1sc2cc(OCc3ccc(Cl)cc3Cl)ccc2c1O. The highest BCUT2D eigenvalue weighted by Gasteiger charge is 2.18. The van der Waals surface area contributed by atoms with Gasteiger partial charge in [0.25, 0.3) is 5.91 Å². The van der Waals surface area contributed by atoms with Crippen molar-refractivity contribution in [1.82, 2.24) is 5.32 Å². The van der Waals surface area contributed by atoms with Crippen LogP contribution in [-0.2, 0) is 11.3 Å². The number of aromatic hydroxyl groups is 1. The number of carbonyl (C=O) groups is 1. The summed E-state index contributed by atoms with van der Waals surface area (Å²) in [6.45, 7) is 1.06. The smallest absolute Gasteiger partial charge is 0.265 e. The van der Waals surface area contributed by atoms with Crippen LogP contribution in [0.15, 0.2) is 36.4 Å². The van der Waals surface area contributed by atoms with Gasteiger partial charge in [-0.1, -0.05) is 29.3 Å². The molecule has 0 fully saturated rings. The molecule has 0 unspecified atom stereocenters. The van der Waals surface area contributed by atoms with Gasteiger partial charge in [0.05, 0.1) is 6.61 Å². The van der Waals surface area contributed by atoms with Gasteiger partial charge in [0.15, 0.2) is 0 Å². The lowest BCUT2D eigenvalue weighted by molar-refractivity contribution is 0.0939. The molecule has 5 nitrogen and oxygen atoms in total. The lowest BCUT2D eigenvalue weighted by Crippen LogP contribution is -2.26. The minimum absolute atomic E-state index is 0.0304. The number of nitrogens with one attached hydrogen (secondary N) is 1. The first kappa shape index (κ1) is 19.8. The van der Waals surface area contributed by atoms with Crippen molar-refractivity contribution in [3.05, 3.63) is 56.9 Å². The quantitative estimate of drug-likeness (QED) is 0.529. The Morgan fingerprint density at radius 2 is 2.04 bits per heavy atom. The van der Waals surface area contributed by atoms with E-state index in [0.717, 1.165) is 10.3 Å². The molecule has 0 atom stereocenters. The number of ether oxygens (including phenoxy) is 2. The zero-order chi connectivity index (χ0) is 19.4. The lowest BCUT2D eigenvalue weighted by atomic mass is 10.2. The van der Waals surface area contributed by atoms with Crippen molar-refractivity contribution in [2.24, 2.45) is 0 Å². The molecule has 2 N–H and O–H groups in total. The van der Waals surface area contributed by atoms with Crippen molar-refractivity contribution in [3.63, 3.8) is 0 Å². The van der Waals surface area contributed by atoms with Gasteiger partial charge >= 0.3 is 0 Å². The third kappa shape index (κ3) is 4.65. The van der Waals surface area contributed by atoms with E-state index in [1.54, 1.807) is 37.4 Å². The van der Waals surface area contributed by atoms with Gasteiger partial charge in [-0.2, -0.15) is 0 Å². The minimum Gasteiger partial charge on any atom is -0.506 e. The summed E-state index contributed by atoms with van der Waals surface area (Å²) in [6.07, 6.45) is 0. The Hall–Kier alpha value is -1.99. The van der Waals surface area contributed by atoms with Crippen molar-refractivity contribution in [1.29, 1.82) is 0 Å². The van der Waals surface area contributed by atoms with Crippen LogP contribution >= 0.6 is 34.5 Å². The Morgan fingerprint density at radius 1 is 1.22 bits per heavy atom. The van der Waals surface area contributed by atoms with Crippen molar-refractivity contribution in [2.75, 3.05) is 20.3 Å². The van der Waals surface area contributed by atoms with Crippen molar-refractivity contribution < 1.29 is 19.4 Å². The summed E-state index contributed by atoms with van der Waals surface area (Å²) in [6, 6.07) is 10.5. The number of hydrogen-bond acceptors (Lipinski definition) is 5. The summed E-state index contributed by atoms with van der Waals surface area (Å²) in [7, 11) is 1.56. The van der Waals surface area contributed by atoms with Crippen LogP contribution in [0.25, 0.3) is 10.1 Å². The Morgan fingerprint density at radius 3 is 2.78 bits per heavy atom. The molecule has 0 aliphatic heterocycles. The first-order valence-corrected chi connectivity index (χ1v) is 9.66. The third-order valence-corrected chi connectivity index (χ3v) is 5.57. The van der Waals surface area contributed by atoms with E-state index in [1.807, 2.05) is 6.07 Å². The van der Waals surface area contributed by atoms with E-state index in [9.17, 15) is 9.90 Å². The average molecular weight is 426 g/mol. The summed E-state index contributed by atoms with van der Waals surface area (Å²) >= 11 is 13.3.